The van der Waals surface area contributed by atoms with Gasteiger partial charge in [0.2, 0.25) is 29.9 Å². The molecule has 101 heavy (non-hydrogen) atoms. The van der Waals surface area contributed by atoms with Crippen LogP contribution in [0.3, 0.4) is 0 Å². The SMILES string of the molecule is CC(C)C(=O)N[C@H]1C(O)O[C@H](CO)[C@@H](O)[C@@H]1O.CC(C)C(=O)N[C@H]1C(O)O[C@H](CO)[C@@H](O)[C@@H]1O[C@H](C)C(=O)N[C@@H](C)Cc1ccccc1.CC(C)C(=O)N[C@H]1C(O)O[C@H](CO)[C@@H](O)[C@@H]1O[C@H](C)C(=O)O.CC(C)C1=N[C@H]2[C@@H](O1)O[C@H]([C@H]1COC(C)(C)O1)[C@@H]2O.N[C@H]1C(O)O[C@H](CO)[C@@H](O)[C@@H]1O. The molecule has 0 aliphatic carbocycles. The van der Waals surface area contributed by atoms with E-state index in [0.29, 0.717) is 18.9 Å². The van der Waals surface area contributed by atoms with E-state index in [0.717, 1.165) is 5.56 Å². The van der Waals surface area contributed by atoms with E-state index < -0.39 is 209 Å². The third kappa shape index (κ3) is 24.8. The maximum absolute atomic E-state index is 12.6. The van der Waals surface area contributed by atoms with Crippen LogP contribution in [0.25, 0.3) is 0 Å². The van der Waals surface area contributed by atoms with E-state index in [-0.39, 0.29) is 47.8 Å². The number of carbonyl (C=O) groups excluding carboxylic acids is 4. The van der Waals surface area contributed by atoms with E-state index in [1.807, 2.05) is 65.0 Å². The standard InChI is InChI=1S/C22H34N2O7.C13H23NO8.C13H21NO5.C10H19NO6.C6H13NO5/c1-12(2)20(27)24-17-19(18(26)16(11-25)31-22(17)29)30-14(4)21(28)23-13(3)10-15-8-6-5-7-9-15;1-5(2)11(17)14-8-10(21-6(3)12(18)19)9(16)7(4-15)22-13(8)20;1-6(2)11-14-8-9(15)10(17-12(8)18-11)7-5-16-13(3,4)19-7;1-4(2)9(15)11-6-8(14)7(13)5(3-12)17-10(6)16;7-3-5(10)4(9)2(1-8)12-6(3)11/h5-9,12-14,16-19,22,25-26,29H,10-11H2,1-4H3,(H,23,28)(H,24,27);5-10,13,15-16,20H,4H2,1-3H3,(H,14,17)(H,18,19);6-10,12,15H,5H2,1-4H3;4-8,10,12-14,16H,3H2,1-2H3,(H,11,15);2-6,8-11H,1,7H2/t13-,14+,16+,17+,18+,19+,22?;6-,7-,8-,9-,10-,13?;7-,8-,9-,10-,12-;5-,6-,7-,8-,10?;2-,3-,4-,5-,6?/m01111/s1. The first-order valence-electron chi connectivity index (χ1n) is 33.5. The van der Waals surface area contributed by atoms with Crippen LogP contribution in [0.15, 0.2) is 35.3 Å². The van der Waals surface area contributed by atoms with Crippen molar-refractivity contribution in [1.29, 1.82) is 0 Å². The lowest BCUT2D eigenvalue weighted by molar-refractivity contribution is -0.267. The molecule has 0 aromatic heterocycles. The van der Waals surface area contributed by atoms with E-state index in [9.17, 15) is 80.1 Å². The summed E-state index contributed by atoms with van der Waals surface area (Å²) in [5.74, 6) is -3.68. The quantitative estimate of drug-likeness (QED) is 0.0544. The molecule has 6 fully saturated rings. The number of aliphatic hydroxyl groups excluding tert-OH is 15. The Bertz CT molecular complexity index is 2720. The number of aliphatic imine (C=N–C) groups is 1. The van der Waals surface area contributed by atoms with Crippen LogP contribution in [0.5, 0.6) is 0 Å². The molecule has 28 atom stereocenters. The number of ether oxygens (including phenoxy) is 10. The van der Waals surface area contributed by atoms with Crippen molar-refractivity contribution in [2.45, 2.75) is 274 Å². The molecule has 6 saturated heterocycles. The topological polar surface area (TPSA) is 588 Å². The van der Waals surface area contributed by atoms with Crippen LogP contribution in [0, 0.1) is 23.7 Å². The number of aliphatic carboxylic acids is 1. The number of amides is 4. The lowest BCUT2D eigenvalue weighted by atomic mass is 9.96. The minimum absolute atomic E-state index is 0.159. The minimum atomic E-state index is -1.55. The number of nitrogens with two attached hydrogens (primary N) is 1. The first kappa shape index (κ1) is 88.4. The number of benzene rings is 1. The van der Waals surface area contributed by atoms with Crippen molar-refractivity contribution in [3.8, 4) is 0 Å². The van der Waals surface area contributed by atoms with Crippen molar-refractivity contribution in [3.63, 3.8) is 0 Å². The molecule has 1 aromatic rings. The van der Waals surface area contributed by atoms with Crippen molar-refractivity contribution in [2.75, 3.05) is 33.0 Å². The monoisotopic (exact) mass is 1460 g/mol. The molecule has 7 heterocycles. The largest absolute Gasteiger partial charge is 0.479 e. The van der Waals surface area contributed by atoms with Crippen LogP contribution in [-0.2, 0) is 77.8 Å². The smallest absolute Gasteiger partial charge is 0.332 e. The number of nitrogens with one attached hydrogen (secondary N) is 4. The van der Waals surface area contributed by atoms with E-state index in [1.54, 1.807) is 41.5 Å². The first-order chi connectivity index (χ1) is 47.1. The highest BCUT2D eigenvalue weighted by molar-refractivity contribution is 5.81. The van der Waals surface area contributed by atoms with Crippen molar-refractivity contribution in [2.24, 2.45) is 34.4 Å². The molecular weight excluding hydrogens is 1350 g/mol. The summed E-state index contributed by atoms with van der Waals surface area (Å²) < 4.78 is 53.5. The summed E-state index contributed by atoms with van der Waals surface area (Å²) in [6.07, 6.45) is -24.2. The Morgan fingerprint density at radius 2 is 0.960 bits per heavy atom. The molecule has 22 N–H and O–H groups in total. The lowest BCUT2D eigenvalue weighted by Crippen LogP contribution is -2.66. The molecule has 0 spiro atoms. The normalized spacial score (nSPS) is 36.5. The summed E-state index contributed by atoms with van der Waals surface area (Å²) in [5.41, 5.74) is 6.34. The Kier molecular flexibility index (Phi) is 35.5. The Morgan fingerprint density at radius 3 is 1.37 bits per heavy atom. The van der Waals surface area contributed by atoms with Gasteiger partial charge in [-0.05, 0) is 46.6 Å². The second kappa shape index (κ2) is 40.5. The van der Waals surface area contributed by atoms with Gasteiger partial charge in [0.25, 0.3) is 0 Å². The fourth-order valence-electron chi connectivity index (χ4n) is 10.8. The van der Waals surface area contributed by atoms with Crippen LogP contribution in [0.1, 0.15) is 95.6 Å². The second-order valence-electron chi connectivity index (χ2n) is 27.1. The number of aliphatic hydroxyl groups is 15. The highest BCUT2D eigenvalue weighted by Crippen LogP contribution is 2.37. The van der Waals surface area contributed by atoms with Gasteiger partial charge < -0.3 is 156 Å². The third-order valence-electron chi connectivity index (χ3n) is 17.0. The average Bonchev–Trinajstić information content (AvgIpc) is 1.60. The molecule has 0 saturated carbocycles. The molecule has 7 aliphatic heterocycles. The maximum Gasteiger partial charge on any atom is 0.332 e. The highest BCUT2D eigenvalue weighted by Gasteiger charge is 2.55. The highest BCUT2D eigenvalue weighted by atomic mass is 16.8. The number of carboxylic acids is 1. The van der Waals surface area contributed by atoms with Crippen molar-refractivity contribution in [3.05, 3.63) is 35.9 Å². The predicted octanol–water partition coefficient (Wildman–Crippen LogP) is -7.24. The summed E-state index contributed by atoms with van der Waals surface area (Å²) in [4.78, 5) is 63.4. The number of hydrogen-bond acceptors (Lipinski definition) is 32. The van der Waals surface area contributed by atoms with Crippen LogP contribution < -0.4 is 27.0 Å². The number of carboxylic acid groups (broad SMARTS) is 1. The minimum Gasteiger partial charge on any atom is -0.479 e. The Labute approximate surface area is 585 Å². The second-order valence-corrected chi connectivity index (χ2v) is 27.1. The van der Waals surface area contributed by atoms with Crippen LogP contribution >= 0.6 is 0 Å². The fraction of sp³-hybridized carbons (Fsp3) is 0.812. The van der Waals surface area contributed by atoms with Gasteiger partial charge in [-0.2, -0.15) is 0 Å². The van der Waals surface area contributed by atoms with Gasteiger partial charge in [-0.15, -0.1) is 0 Å². The molecule has 0 bridgehead atoms. The zero-order chi connectivity index (χ0) is 76.4. The summed E-state index contributed by atoms with van der Waals surface area (Å²) in [6.45, 7) is 20.5. The van der Waals surface area contributed by atoms with E-state index in [1.165, 1.54) is 13.8 Å². The Morgan fingerprint density at radius 1 is 0.545 bits per heavy atom. The molecule has 4 amide bonds. The number of rotatable bonds is 21. The van der Waals surface area contributed by atoms with Gasteiger partial charge in [-0.1, -0.05) is 85.7 Å². The van der Waals surface area contributed by atoms with E-state index >= 15 is 0 Å². The first-order valence-corrected chi connectivity index (χ1v) is 33.5. The molecule has 37 heteroatoms. The van der Waals surface area contributed by atoms with E-state index in [4.69, 9.17) is 78.6 Å². The number of carbonyl (C=O) groups is 5. The molecule has 7 aliphatic rings. The van der Waals surface area contributed by atoms with Gasteiger partial charge in [-0.3, -0.25) is 19.2 Å². The van der Waals surface area contributed by atoms with Gasteiger partial charge in [0.05, 0.1) is 39.1 Å². The predicted molar refractivity (Wildman–Crippen MR) is 347 cm³/mol. The van der Waals surface area contributed by atoms with Crippen LogP contribution in [0.4, 0.5) is 0 Å². The zero-order valence-corrected chi connectivity index (χ0v) is 58.9. The number of nitrogens with zero attached hydrogens (tertiary/aromatic N) is 1. The number of fused-ring (bicyclic) bond motifs is 1. The van der Waals surface area contributed by atoms with Gasteiger partial charge in [0, 0.05) is 29.7 Å². The van der Waals surface area contributed by atoms with Gasteiger partial charge in [0.15, 0.2) is 42.9 Å². The third-order valence-corrected chi connectivity index (χ3v) is 17.0. The number of hydrogen-bond donors (Lipinski definition) is 21. The van der Waals surface area contributed by atoms with E-state index in [2.05, 4.69) is 26.3 Å². The molecule has 8 rings (SSSR count). The summed E-state index contributed by atoms with van der Waals surface area (Å²) in [7, 11) is 0. The van der Waals surface area contributed by atoms with Gasteiger partial charge in [0.1, 0.15) is 122 Å². The fourth-order valence-corrected chi connectivity index (χ4v) is 10.8. The molecule has 4 unspecified atom stereocenters. The zero-order valence-electron chi connectivity index (χ0n) is 58.9. The Hall–Kier alpha value is -4.96. The summed E-state index contributed by atoms with van der Waals surface area (Å²) in [6, 6.07) is 4.79. The van der Waals surface area contributed by atoms with Crippen LogP contribution in [-0.4, -0.2) is 327 Å². The molecule has 37 nitrogen and oxygen atoms in total. The lowest BCUT2D eigenvalue weighted by Gasteiger charge is -2.43. The Balaban J connectivity index is 0.000000276. The van der Waals surface area contributed by atoms with Crippen molar-refractivity contribution >= 4 is 35.5 Å². The van der Waals surface area contributed by atoms with Crippen molar-refractivity contribution < 1.29 is 153 Å². The molecule has 1 aromatic carbocycles. The molecular formula is C64H110N6O31. The van der Waals surface area contributed by atoms with Gasteiger partial charge >= 0.3 is 5.97 Å². The average molecular weight is 1460 g/mol. The summed E-state index contributed by atoms with van der Waals surface area (Å²) >= 11 is 0. The maximum atomic E-state index is 12.6. The summed E-state index contributed by atoms with van der Waals surface area (Å²) in [5, 5.41) is 163. The molecule has 0 radical (unpaired) electrons. The molecule has 582 valence electrons. The van der Waals surface area contributed by atoms with Gasteiger partial charge in [-0.25, -0.2) is 9.79 Å². The van der Waals surface area contributed by atoms with Crippen molar-refractivity contribution in [1.82, 2.24) is 21.3 Å². The van der Waals surface area contributed by atoms with Crippen LogP contribution in [0.2, 0.25) is 0 Å².